The number of rotatable bonds is 2. The third-order valence-electron chi connectivity index (χ3n) is 1.29. The minimum absolute atomic E-state index is 0.247. The van der Waals surface area contributed by atoms with Gasteiger partial charge in [0.2, 0.25) is 6.19 Å². The Morgan fingerprint density at radius 2 is 2.00 bits per heavy atom. The van der Waals surface area contributed by atoms with E-state index in [0.717, 1.165) is 5.56 Å². The highest BCUT2D eigenvalue weighted by Gasteiger charge is 1.95. The number of benzene rings is 1. The number of hydroxylamine groups is 2. The van der Waals surface area contributed by atoms with Crippen LogP contribution >= 0.6 is 0 Å². The van der Waals surface area contributed by atoms with E-state index in [4.69, 9.17) is 10.5 Å². The van der Waals surface area contributed by atoms with Crippen molar-refractivity contribution < 1.29 is 5.21 Å². The molecule has 0 fully saturated rings. The van der Waals surface area contributed by atoms with Crippen molar-refractivity contribution in [2.75, 3.05) is 0 Å². The fourth-order valence-electron chi connectivity index (χ4n) is 0.792. The smallest absolute Gasteiger partial charge is 0.205 e. The van der Waals surface area contributed by atoms with E-state index in [1.165, 1.54) is 0 Å². The molecule has 3 heteroatoms. The van der Waals surface area contributed by atoms with Gasteiger partial charge in [-0.1, -0.05) is 30.3 Å². The lowest BCUT2D eigenvalue weighted by Gasteiger charge is -2.04. The predicted octanol–water partition coefficient (Wildman–Crippen LogP) is 1.36. The first-order chi connectivity index (χ1) is 5.33. The fraction of sp³-hybridized carbons (Fsp3) is 0.125. The average molecular weight is 148 g/mol. The number of nitriles is 1. The molecule has 0 spiro atoms. The Morgan fingerprint density at radius 1 is 1.36 bits per heavy atom. The van der Waals surface area contributed by atoms with Gasteiger partial charge in [0.05, 0.1) is 6.54 Å². The van der Waals surface area contributed by atoms with Gasteiger partial charge >= 0.3 is 0 Å². The summed E-state index contributed by atoms with van der Waals surface area (Å²) < 4.78 is 0. The normalized spacial score (nSPS) is 8.73. The molecule has 0 atom stereocenters. The molecule has 0 amide bonds. The topological polar surface area (TPSA) is 47.3 Å². The van der Waals surface area contributed by atoms with Crippen LogP contribution in [-0.4, -0.2) is 10.3 Å². The molecule has 1 aromatic rings. The molecule has 0 aliphatic heterocycles. The Morgan fingerprint density at radius 3 is 2.55 bits per heavy atom. The zero-order valence-electron chi connectivity index (χ0n) is 5.94. The van der Waals surface area contributed by atoms with Gasteiger partial charge < -0.3 is 0 Å². The van der Waals surface area contributed by atoms with Gasteiger partial charge in [0, 0.05) is 0 Å². The summed E-state index contributed by atoms with van der Waals surface area (Å²) in [5.41, 5.74) is 0.913. The third-order valence-corrected chi connectivity index (χ3v) is 1.29. The monoisotopic (exact) mass is 148 g/mol. The SMILES string of the molecule is N#CN(O)Cc1ccccc1. The molecule has 0 unspecified atom stereocenters. The molecule has 1 aromatic carbocycles. The van der Waals surface area contributed by atoms with Crippen LogP contribution in [0.15, 0.2) is 30.3 Å². The first-order valence-corrected chi connectivity index (χ1v) is 3.23. The summed E-state index contributed by atoms with van der Waals surface area (Å²) in [6.45, 7) is 0.247. The van der Waals surface area contributed by atoms with Crippen molar-refractivity contribution in [3.63, 3.8) is 0 Å². The van der Waals surface area contributed by atoms with Gasteiger partial charge in [-0.25, -0.2) is 0 Å². The Balaban J connectivity index is 2.60. The predicted molar refractivity (Wildman–Crippen MR) is 39.4 cm³/mol. The second kappa shape index (κ2) is 3.59. The van der Waals surface area contributed by atoms with E-state index < -0.39 is 0 Å². The fourth-order valence-corrected chi connectivity index (χ4v) is 0.792. The van der Waals surface area contributed by atoms with Gasteiger partial charge in [0.25, 0.3) is 0 Å². The zero-order chi connectivity index (χ0) is 8.10. The molecule has 0 aliphatic rings. The minimum Gasteiger partial charge on any atom is -0.279 e. The Kier molecular flexibility index (Phi) is 2.47. The standard InChI is InChI=1S/C8H8N2O/c9-7-10(11)6-8-4-2-1-3-5-8/h1-5,11H,6H2. The highest BCUT2D eigenvalue weighted by atomic mass is 16.5. The van der Waals surface area contributed by atoms with Crippen molar-refractivity contribution in [2.45, 2.75) is 6.54 Å². The van der Waals surface area contributed by atoms with Crippen LogP contribution in [0.2, 0.25) is 0 Å². The van der Waals surface area contributed by atoms with Crippen LogP contribution in [0.25, 0.3) is 0 Å². The lowest BCUT2D eigenvalue weighted by atomic mass is 10.2. The molecule has 0 saturated heterocycles. The van der Waals surface area contributed by atoms with Crippen molar-refractivity contribution in [3.05, 3.63) is 35.9 Å². The van der Waals surface area contributed by atoms with E-state index in [9.17, 15) is 0 Å². The van der Waals surface area contributed by atoms with Crippen molar-refractivity contribution in [2.24, 2.45) is 0 Å². The van der Waals surface area contributed by atoms with E-state index in [2.05, 4.69) is 0 Å². The largest absolute Gasteiger partial charge is 0.279 e. The van der Waals surface area contributed by atoms with Crippen molar-refractivity contribution >= 4 is 0 Å². The molecule has 1 rings (SSSR count). The van der Waals surface area contributed by atoms with Crippen molar-refractivity contribution in [3.8, 4) is 6.19 Å². The lowest BCUT2D eigenvalue weighted by Crippen LogP contribution is -2.10. The van der Waals surface area contributed by atoms with Gasteiger partial charge in [-0.3, -0.25) is 5.21 Å². The van der Waals surface area contributed by atoms with E-state index in [-0.39, 0.29) is 6.54 Å². The molecule has 11 heavy (non-hydrogen) atoms. The maximum Gasteiger partial charge on any atom is 0.205 e. The van der Waals surface area contributed by atoms with E-state index >= 15 is 0 Å². The van der Waals surface area contributed by atoms with Gasteiger partial charge in [-0.15, -0.1) is 0 Å². The zero-order valence-corrected chi connectivity index (χ0v) is 5.94. The van der Waals surface area contributed by atoms with E-state index in [0.29, 0.717) is 5.06 Å². The van der Waals surface area contributed by atoms with Gasteiger partial charge in [0.15, 0.2) is 0 Å². The molecule has 0 aliphatic carbocycles. The molecular formula is C8H8N2O. The Labute approximate surface area is 65.1 Å². The van der Waals surface area contributed by atoms with Crippen LogP contribution in [0.5, 0.6) is 0 Å². The second-order valence-electron chi connectivity index (χ2n) is 2.14. The molecule has 0 heterocycles. The van der Waals surface area contributed by atoms with Crippen LogP contribution in [0.4, 0.5) is 0 Å². The summed E-state index contributed by atoms with van der Waals surface area (Å²) >= 11 is 0. The van der Waals surface area contributed by atoms with Crippen LogP contribution in [-0.2, 0) is 6.54 Å². The van der Waals surface area contributed by atoms with Gasteiger partial charge in [-0.05, 0) is 5.56 Å². The number of hydrogen-bond donors (Lipinski definition) is 1. The molecule has 3 nitrogen and oxygen atoms in total. The maximum absolute atomic E-state index is 8.78. The molecular weight excluding hydrogens is 140 g/mol. The highest BCUT2D eigenvalue weighted by Crippen LogP contribution is 2.00. The van der Waals surface area contributed by atoms with Crippen LogP contribution in [0.3, 0.4) is 0 Å². The van der Waals surface area contributed by atoms with E-state index in [1.54, 1.807) is 6.19 Å². The summed E-state index contributed by atoms with van der Waals surface area (Å²) in [4.78, 5) is 0. The molecule has 0 aromatic heterocycles. The first-order valence-electron chi connectivity index (χ1n) is 3.23. The first kappa shape index (κ1) is 7.58. The Hall–Kier alpha value is -1.53. The van der Waals surface area contributed by atoms with Crippen molar-refractivity contribution in [1.82, 2.24) is 5.06 Å². The summed E-state index contributed by atoms with van der Waals surface area (Å²) in [6.07, 6.45) is 1.60. The summed E-state index contributed by atoms with van der Waals surface area (Å²) in [6, 6.07) is 9.31. The molecule has 0 saturated carbocycles. The minimum atomic E-state index is 0.247. The third kappa shape index (κ3) is 2.28. The quantitative estimate of drug-likeness (QED) is 0.391. The highest BCUT2D eigenvalue weighted by molar-refractivity contribution is 5.14. The summed E-state index contributed by atoms with van der Waals surface area (Å²) in [5, 5.41) is 17.6. The van der Waals surface area contributed by atoms with E-state index in [1.807, 2.05) is 30.3 Å². The van der Waals surface area contributed by atoms with Gasteiger partial charge in [0.1, 0.15) is 0 Å². The number of hydrogen-bond acceptors (Lipinski definition) is 3. The van der Waals surface area contributed by atoms with Gasteiger partial charge in [-0.2, -0.15) is 10.3 Å². The molecule has 0 radical (unpaired) electrons. The van der Waals surface area contributed by atoms with Crippen LogP contribution in [0.1, 0.15) is 5.56 Å². The molecule has 56 valence electrons. The van der Waals surface area contributed by atoms with Crippen LogP contribution < -0.4 is 0 Å². The number of nitrogens with zero attached hydrogens (tertiary/aromatic N) is 2. The summed E-state index contributed by atoms with van der Waals surface area (Å²) in [5.74, 6) is 0. The maximum atomic E-state index is 8.78. The second-order valence-corrected chi connectivity index (χ2v) is 2.14. The van der Waals surface area contributed by atoms with Crippen LogP contribution in [0, 0.1) is 11.5 Å². The Bertz CT molecular complexity index is 253. The average Bonchev–Trinajstić information content (AvgIpc) is 2.06. The summed E-state index contributed by atoms with van der Waals surface area (Å²) in [7, 11) is 0. The van der Waals surface area contributed by atoms with Crippen molar-refractivity contribution in [1.29, 1.82) is 5.26 Å². The molecule has 1 N–H and O–H groups in total. The lowest BCUT2D eigenvalue weighted by molar-refractivity contribution is -0.0389. The molecule has 0 bridgehead atoms.